The van der Waals surface area contributed by atoms with Crippen molar-refractivity contribution in [1.29, 1.82) is 0 Å². The highest BCUT2D eigenvalue weighted by Crippen LogP contribution is 2.45. The first-order chi connectivity index (χ1) is 26.6. The highest BCUT2D eigenvalue weighted by molar-refractivity contribution is 5.95. The topological polar surface area (TPSA) is 150 Å². The van der Waals surface area contributed by atoms with Crippen molar-refractivity contribution < 1.29 is 33.8 Å². The van der Waals surface area contributed by atoms with E-state index in [0.717, 1.165) is 75.2 Å². The zero-order valence-electron chi connectivity index (χ0n) is 31.9. The van der Waals surface area contributed by atoms with Crippen LogP contribution in [0.2, 0.25) is 0 Å². The van der Waals surface area contributed by atoms with Crippen LogP contribution in [-0.2, 0) is 14.4 Å². The highest BCUT2D eigenvalue weighted by Gasteiger charge is 2.61. The molecule has 7 rings (SSSR count). The molecule has 1 aromatic heterocycles. The van der Waals surface area contributed by atoms with E-state index in [9.17, 15) is 24.3 Å². The van der Waals surface area contributed by atoms with E-state index < -0.39 is 47.6 Å². The summed E-state index contributed by atoms with van der Waals surface area (Å²) in [6, 6.07) is 14.9. The summed E-state index contributed by atoms with van der Waals surface area (Å²) in [7, 11) is 3.45. The zero-order chi connectivity index (χ0) is 38.7. The number of urea groups is 1. The van der Waals surface area contributed by atoms with Gasteiger partial charge in [0, 0.05) is 48.5 Å². The van der Waals surface area contributed by atoms with E-state index in [1.165, 1.54) is 11.0 Å². The second-order valence-electron chi connectivity index (χ2n) is 15.8. The molecule has 4 aliphatic rings. The molecule has 2 heterocycles. The number of aliphatic carboxylic acids is 1. The molecular formula is C43H53N5O7. The Labute approximate surface area is 322 Å². The van der Waals surface area contributed by atoms with Crippen LogP contribution >= 0.6 is 0 Å². The summed E-state index contributed by atoms with van der Waals surface area (Å²) in [6.07, 6.45) is 11.2. The van der Waals surface area contributed by atoms with Gasteiger partial charge in [0.25, 0.3) is 0 Å². The third-order valence-corrected chi connectivity index (χ3v) is 12.3. The van der Waals surface area contributed by atoms with Crippen LogP contribution in [0.3, 0.4) is 0 Å². The lowest BCUT2D eigenvalue weighted by molar-refractivity contribution is -0.144. The smallest absolute Gasteiger partial charge is 0.330 e. The Bertz CT molecular complexity index is 1910. The second kappa shape index (κ2) is 16.3. The maximum absolute atomic E-state index is 14.5. The van der Waals surface area contributed by atoms with Gasteiger partial charge < -0.3 is 35.0 Å². The number of nitrogens with zero attached hydrogens (tertiary/aromatic N) is 3. The summed E-state index contributed by atoms with van der Waals surface area (Å²) in [5, 5.41) is 16.7. The van der Waals surface area contributed by atoms with E-state index in [4.69, 9.17) is 14.5 Å². The van der Waals surface area contributed by atoms with Gasteiger partial charge in [-0.3, -0.25) is 9.59 Å². The number of likely N-dealkylation sites (N-methyl/N-ethyl adjacent to an activating group) is 1. The van der Waals surface area contributed by atoms with Gasteiger partial charge in [-0.25, -0.2) is 14.6 Å². The van der Waals surface area contributed by atoms with Gasteiger partial charge in [-0.2, -0.15) is 0 Å². The average molecular weight is 752 g/mol. The van der Waals surface area contributed by atoms with Gasteiger partial charge >= 0.3 is 12.0 Å². The molecule has 12 nitrogen and oxygen atoms in total. The van der Waals surface area contributed by atoms with E-state index in [2.05, 4.69) is 17.2 Å². The van der Waals surface area contributed by atoms with Gasteiger partial charge in [-0.05, 0) is 50.2 Å². The van der Waals surface area contributed by atoms with Crippen molar-refractivity contribution in [3.05, 3.63) is 67.3 Å². The summed E-state index contributed by atoms with van der Waals surface area (Å²) < 4.78 is 12.2. The van der Waals surface area contributed by atoms with Crippen LogP contribution in [0, 0.1) is 11.8 Å². The van der Waals surface area contributed by atoms with Gasteiger partial charge in [-0.1, -0.05) is 74.9 Å². The van der Waals surface area contributed by atoms with Crippen LogP contribution in [0.4, 0.5) is 4.79 Å². The Balaban J connectivity index is 1.19. The van der Waals surface area contributed by atoms with Crippen LogP contribution < -0.4 is 20.1 Å². The third kappa shape index (κ3) is 8.00. The largest absolute Gasteiger partial charge is 0.497 e. The number of benzene rings is 2. The minimum absolute atomic E-state index is 0.0233. The molecule has 292 valence electrons. The molecule has 3 N–H and O–H groups in total. The van der Waals surface area contributed by atoms with Crippen molar-refractivity contribution in [1.82, 2.24) is 25.4 Å². The number of amides is 4. The van der Waals surface area contributed by atoms with Gasteiger partial charge in [0.15, 0.2) is 0 Å². The number of ether oxygens (including phenoxy) is 2. The van der Waals surface area contributed by atoms with Gasteiger partial charge in [0.05, 0.1) is 24.9 Å². The Kier molecular flexibility index (Phi) is 11.3. The molecule has 12 heteroatoms. The number of methoxy groups -OCH3 is 1. The number of pyridine rings is 1. The fraction of sp³-hybridized carbons (Fsp3) is 0.512. The van der Waals surface area contributed by atoms with Crippen molar-refractivity contribution in [2.45, 2.75) is 107 Å². The van der Waals surface area contributed by atoms with Gasteiger partial charge in [0.1, 0.15) is 35.2 Å². The molecule has 0 bridgehead atoms. The van der Waals surface area contributed by atoms with Crippen LogP contribution in [0.15, 0.2) is 67.3 Å². The van der Waals surface area contributed by atoms with E-state index in [-0.39, 0.29) is 37.3 Å². The van der Waals surface area contributed by atoms with Gasteiger partial charge in [0.2, 0.25) is 11.8 Å². The molecule has 4 amide bonds. The monoisotopic (exact) mass is 751 g/mol. The molecule has 1 aliphatic heterocycles. The molecule has 0 unspecified atom stereocenters. The first kappa shape index (κ1) is 38.2. The minimum Gasteiger partial charge on any atom is -0.497 e. The molecular weight excluding hydrogens is 699 g/mol. The quantitative estimate of drug-likeness (QED) is 0.182. The number of fused-ring (bicyclic) bond motifs is 1. The van der Waals surface area contributed by atoms with Crippen LogP contribution in [0.25, 0.3) is 22.2 Å². The Morgan fingerprint density at radius 1 is 1.00 bits per heavy atom. The summed E-state index contributed by atoms with van der Waals surface area (Å²) in [5.74, 6) is -1.11. The Morgan fingerprint density at radius 2 is 1.71 bits per heavy atom. The number of hydrogen-bond acceptors (Lipinski definition) is 7. The molecule has 3 aliphatic carbocycles. The molecule has 4 fully saturated rings. The van der Waals surface area contributed by atoms with Crippen molar-refractivity contribution in [2.75, 3.05) is 20.7 Å². The lowest BCUT2D eigenvalue weighted by Gasteiger charge is -2.38. The van der Waals surface area contributed by atoms with Crippen molar-refractivity contribution in [2.24, 2.45) is 11.8 Å². The van der Waals surface area contributed by atoms with Crippen LogP contribution in [-0.4, -0.2) is 94.2 Å². The van der Waals surface area contributed by atoms with E-state index in [1.54, 1.807) is 7.11 Å². The fourth-order valence-electron chi connectivity index (χ4n) is 8.94. The summed E-state index contributed by atoms with van der Waals surface area (Å²) >= 11 is 0. The molecule has 2 aromatic carbocycles. The predicted molar refractivity (Wildman–Crippen MR) is 209 cm³/mol. The lowest BCUT2D eigenvalue weighted by Crippen LogP contribution is -2.59. The van der Waals surface area contributed by atoms with Crippen LogP contribution in [0.1, 0.15) is 77.0 Å². The fourth-order valence-corrected chi connectivity index (χ4v) is 8.94. The number of carbonyl (C=O) groups excluding carboxylic acids is 3. The van der Waals surface area contributed by atoms with Crippen molar-refractivity contribution in [3.63, 3.8) is 0 Å². The van der Waals surface area contributed by atoms with E-state index >= 15 is 0 Å². The third-order valence-electron chi connectivity index (χ3n) is 12.3. The average Bonchev–Trinajstić information content (AvgIpc) is 3.78. The number of nitrogens with one attached hydrogen (secondary N) is 2. The second-order valence-corrected chi connectivity index (χ2v) is 15.8. The van der Waals surface area contributed by atoms with Gasteiger partial charge in [-0.15, -0.1) is 6.58 Å². The number of carboxylic acid groups (broad SMARTS) is 1. The predicted octanol–water partition coefficient (Wildman–Crippen LogP) is 6.33. The zero-order valence-corrected chi connectivity index (χ0v) is 31.9. The summed E-state index contributed by atoms with van der Waals surface area (Å²) in [5.41, 5.74) is 0.746. The number of carbonyl (C=O) groups is 4. The Hall–Kier alpha value is -5.13. The Morgan fingerprint density at radius 3 is 2.36 bits per heavy atom. The maximum atomic E-state index is 14.5. The number of hydrogen-bond donors (Lipinski definition) is 3. The SMILES string of the molecule is C=C[C@@H]1C[C@]1(NC(=O)[C@@H]1C[C@@H](Oc2cc(-c3ccccc3)nc3cc(OC)ccc23)CN1C(=O)N[C@H](C(=O)N(C)C1CCCCC1)C1CCCCC1)C(=O)O. The molecule has 0 spiro atoms. The van der Waals surface area contributed by atoms with E-state index in [1.807, 2.05) is 66.5 Å². The molecule has 1 saturated heterocycles. The van der Waals surface area contributed by atoms with Crippen LogP contribution in [0.5, 0.6) is 11.5 Å². The first-order valence-electron chi connectivity index (χ1n) is 19.8. The van der Waals surface area contributed by atoms with E-state index in [0.29, 0.717) is 22.7 Å². The number of carboxylic acids is 1. The maximum Gasteiger partial charge on any atom is 0.330 e. The lowest BCUT2D eigenvalue weighted by atomic mass is 9.83. The molecule has 3 saturated carbocycles. The summed E-state index contributed by atoms with van der Waals surface area (Å²) in [4.78, 5) is 63.5. The highest BCUT2D eigenvalue weighted by atomic mass is 16.5. The number of likely N-dealkylation sites (tertiary alicyclic amines) is 1. The number of rotatable bonds is 12. The molecule has 5 atom stereocenters. The summed E-state index contributed by atoms with van der Waals surface area (Å²) in [6.45, 7) is 3.80. The molecule has 55 heavy (non-hydrogen) atoms. The number of aromatic nitrogens is 1. The van der Waals surface area contributed by atoms with Crippen molar-refractivity contribution >= 4 is 34.7 Å². The molecule has 3 aromatic rings. The normalized spacial score (nSPS) is 24.8. The molecule has 0 radical (unpaired) electrons. The first-order valence-corrected chi connectivity index (χ1v) is 19.8. The van der Waals surface area contributed by atoms with Crippen molar-refractivity contribution in [3.8, 4) is 22.8 Å². The standard InChI is InChI=1S/C43H53N5O7/c1-4-29-25-43(29,41(51)52)46-39(49)36-23-32(55-37-24-34(27-14-8-5-9-15-27)44-35-22-31(54-3)20-21-33(35)37)26-48(36)42(53)45-38(28-16-10-6-11-17-28)40(50)47(2)30-18-12-7-13-19-30/h4-5,8-9,14-15,20-22,24,28-30,32,36,38H,1,6-7,10-13,16-19,23,25-26H2,2-3H3,(H,45,53)(H,46,49)(H,51,52)/t29-,32-,36+,38+,43-/m1/s1. The minimum atomic E-state index is -1.48.